The predicted octanol–water partition coefficient (Wildman–Crippen LogP) is 4.26. The lowest BCUT2D eigenvalue weighted by atomic mass is 9.99. The summed E-state index contributed by atoms with van der Waals surface area (Å²) in [6, 6.07) is 20.1. The second-order valence-electron chi connectivity index (χ2n) is 6.33. The SMILES string of the molecule is O=C(CCNC(=O)Nc1ccc(Br)cc1)NC(c1ccccc1)c1ccncc1. The van der Waals surface area contributed by atoms with Gasteiger partial charge in [-0.05, 0) is 47.5 Å². The van der Waals surface area contributed by atoms with Gasteiger partial charge in [0.2, 0.25) is 5.91 Å². The monoisotopic (exact) mass is 452 g/mol. The van der Waals surface area contributed by atoms with Gasteiger partial charge in [-0.15, -0.1) is 0 Å². The number of pyridine rings is 1. The van der Waals surface area contributed by atoms with Gasteiger partial charge in [0.05, 0.1) is 6.04 Å². The van der Waals surface area contributed by atoms with E-state index in [0.29, 0.717) is 5.69 Å². The van der Waals surface area contributed by atoms with E-state index >= 15 is 0 Å². The van der Waals surface area contributed by atoms with E-state index in [2.05, 4.69) is 36.9 Å². The van der Waals surface area contributed by atoms with Gasteiger partial charge in [0.15, 0.2) is 0 Å². The topological polar surface area (TPSA) is 83.1 Å². The second-order valence-corrected chi connectivity index (χ2v) is 7.25. The first-order chi connectivity index (χ1) is 14.1. The summed E-state index contributed by atoms with van der Waals surface area (Å²) in [7, 11) is 0. The Bertz CT molecular complexity index is 895. The van der Waals surface area contributed by atoms with Crippen molar-refractivity contribution in [3.8, 4) is 0 Å². The molecule has 0 aliphatic heterocycles. The van der Waals surface area contributed by atoms with Crippen molar-refractivity contribution in [1.29, 1.82) is 0 Å². The molecule has 2 aromatic carbocycles. The fourth-order valence-corrected chi connectivity index (χ4v) is 3.06. The average molecular weight is 453 g/mol. The van der Waals surface area contributed by atoms with Crippen LogP contribution in [0.3, 0.4) is 0 Å². The van der Waals surface area contributed by atoms with Gasteiger partial charge in [-0.25, -0.2) is 4.79 Å². The number of rotatable bonds is 7. The van der Waals surface area contributed by atoms with E-state index in [4.69, 9.17) is 0 Å². The van der Waals surface area contributed by atoms with Crippen LogP contribution in [0.4, 0.5) is 10.5 Å². The summed E-state index contributed by atoms with van der Waals surface area (Å²) in [6.07, 6.45) is 3.57. The summed E-state index contributed by atoms with van der Waals surface area (Å²) in [4.78, 5) is 28.5. The molecular weight excluding hydrogens is 432 g/mol. The molecule has 0 saturated heterocycles. The van der Waals surface area contributed by atoms with Crippen LogP contribution in [0.5, 0.6) is 0 Å². The Balaban J connectivity index is 1.52. The van der Waals surface area contributed by atoms with Crippen molar-refractivity contribution in [2.45, 2.75) is 12.5 Å². The van der Waals surface area contributed by atoms with Gasteiger partial charge in [-0.2, -0.15) is 0 Å². The minimum Gasteiger partial charge on any atom is -0.345 e. The molecule has 0 spiro atoms. The quantitative estimate of drug-likeness (QED) is 0.500. The van der Waals surface area contributed by atoms with Crippen molar-refractivity contribution in [3.05, 3.63) is 94.7 Å². The summed E-state index contributed by atoms with van der Waals surface area (Å²) in [5.74, 6) is -0.153. The van der Waals surface area contributed by atoms with Crippen molar-refractivity contribution < 1.29 is 9.59 Å². The minimum absolute atomic E-state index is 0.153. The molecule has 29 heavy (non-hydrogen) atoms. The van der Waals surface area contributed by atoms with E-state index < -0.39 is 0 Å². The third-order valence-electron chi connectivity index (χ3n) is 4.22. The molecule has 3 aromatic rings. The first-order valence-corrected chi connectivity index (χ1v) is 9.96. The number of carbonyl (C=O) groups excluding carboxylic acids is 2. The van der Waals surface area contributed by atoms with Gasteiger partial charge in [0.1, 0.15) is 0 Å². The van der Waals surface area contributed by atoms with Crippen LogP contribution in [0.15, 0.2) is 83.6 Å². The number of nitrogens with zero attached hydrogens (tertiary/aromatic N) is 1. The zero-order valence-electron chi connectivity index (χ0n) is 15.6. The Morgan fingerprint density at radius 1 is 0.897 bits per heavy atom. The van der Waals surface area contributed by atoms with E-state index in [1.165, 1.54) is 0 Å². The summed E-state index contributed by atoms with van der Waals surface area (Å²) in [6.45, 7) is 0.228. The zero-order chi connectivity index (χ0) is 20.5. The highest BCUT2D eigenvalue weighted by atomic mass is 79.9. The number of amides is 3. The van der Waals surface area contributed by atoms with Gasteiger partial charge in [-0.1, -0.05) is 46.3 Å². The Kier molecular flexibility index (Phi) is 7.35. The number of halogens is 1. The van der Waals surface area contributed by atoms with Crippen LogP contribution in [0, 0.1) is 0 Å². The highest BCUT2D eigenvalue weighted by molar-refractivity contribution is 9.10. The van der Waals surface area contributed by atoms with Crippen LogP contribution in [0.2, 0.25) is 0 Å². The number of hydrogen-bond acceptors (Lipinski definition) is 3. The first kappa shape index (κ1) is 20.5. The molecule has 0 aliphatic carbocycles. The van der Waals surface area contributed by atoms with E-state index in [1.54, 1.807) is 24.5 Å². The molecule has 148 valence electrons. The number of carbonyl (C=O) groups is 2. The highest BCUT2D eigenvalue weighted by Gasteiger charge is 2.16. The van der Waals surface area contributed by atoms with Gasteiger partial charge in [0, 0.05) is 35.5 Å². The number of hydrogen-bond donors (Lipinski definition) is 3. The maximum atomic E-state index is 12.5. The molecule has 0 aliphatic rings. The number of nitrogens with one attached hydrogen (secondary N) is 3. The smallest absolute Gasteiger partial charge is 0.319 e. The van der Waals surface area contributed by atoms with Crippen LogP contribution in [-0.2, 0) is 4.79 Å². The highest BCUT2D eigenvalue weighted by Crippen LogP contribution is 2.21. The largest absolute Gasteiger partial charge is 0.345 e. The Morgan fingerprint density at radius 2 is 1.55 bits per heavy atom. The molecule has 7 heteroatoms. The number of benzene rings is 2. The molecule has 0 radical (unpaired) electrons. The molecule has 0 bridgehead atoms. The number of anilines is 1. The van der Waals surface area contributed by atoms with Crippen LogP contribution < -0.4 is 16.0 Å². The zero-order valence-corrected chi connectivity index (χ0v) is 17.2. The first-order valence-electron chi connectivity index (χ1n) is 9.16. The summed E-state index contributed by atoms with van der Waals surface area (Å²) < 4.78 is 0.933. The maximum absolute atomic E-state index is 12.5. The van der Waals surface area contributed by atoms with Crippen LogP contribution in [-0.4, -0.2) is 23.5 Å². The summed E-state index contributed by atoms with van der Waals surface area (Å²) in [5.41, 5.74) is 2.60. The Hall–Kier alpha value is -3.19. The van der Waals surface area contributed by atoms with E-state index in [1.807, 2.05) is 54.6 Å². The molecule has 1 aromatic heterocycles. The normalized spacial score (nSPS) is 11.3. The molecule has 3 amide bonds. The molecule has 3 N–H and O–H groups in total. The molecule has 1 atom stereocenters. The average Bonchev–Trinajstić information content (AvgIpc) is 2.75. The van der Waals surface area contributed by atoms with E-state index in [0.717, 1.165) is 15.6 Å². The van der Waals surface area contributed by atoms with E-state index in [-0.39, 0.29) is 30.9 Å². The Labute approximate surface area is 177 Å². The lowest BCUT2D eigenvalue weighted by Crippen LogP contribution is -2.35. The van der Waals surface area contributed by atoms with Gasteiger partial charge >= 0.3 is 6.03 Å². The maximum Gasteiger partial charge on any atom is 0.319 e. The van der Waals surface area contributed by atoms with Gasteiger partial charge < -0.3 is 16.0 Å². The lowest BCUT2D eigenvalue weighted by molar-refractivity contribution is -0.121. The molecule has 1 heterocycles. The van der Waals surface area contributed by atoms with Crippen molar-refractivity contribution in [1.82, 2.24) is 15.6 Å². The van der Waals surface area contributed by atoms with E-state index in [9.17, 15) is 9.59 Å². The third-order valence-corrected chi connectivity index (χ3v) is 4.75. The van der Waals surface area contributed by atoms with Crippen LogP contribution >= 0.6 is 15.9 Å². The molecule has 0 fully saturated rings. The van der Waals surface area contributed by atoms with Crippen molar-refractivity contribution in [2.75, 3.05) is 11.9 Å². The second kappa shape index (κ2) is 10.4. The molecule has 6 nitrogen and oxygen atoms in total. The van der Waals surface area contributed by atoms with Crippen molar-refractivity contribution in [2.24, 2.45) is 0 Å². The van der Waals surface area contributed by atoms with Crippen LogP contribution in [0.1, 0.15) is 23.6 Å². The molecular formula is C22H21BrN4O2. The fraction of sp³-hybridized carbons (Fsp3) is 0.136. The molecule has 3 rings (SSSR count). The molecule has 0 saturated carbocycles. The van der Waals surface area contributed by atoms with Gasteiger partial charge in [0.25, 0.3) is 0 Å². The van der Waals surface area contributed by atoms with Crippen molar-refractivity contribution >= 4 is 33.6 Å². The number of urea groups is 1. The lowest BCUT2D eigenvalue weighted by Gasteiger charge is -2.20. The standard InChI is InChI=1S/C22H21BrN4O2/c23-18-6-8-19(9-7-18)26-22(29)25-15-12-20(28)27-21(16-4-2-1-3-5-16)17-10-13-24-14-11-17/h1-11,13-14,21H,12,15H2,(H,27,28)(H2,25,26,29). The van der Waals surface area contributed by atoms with Gasteiger partial charge in [-0.3, -0.25) is 9.78 Å². The number of aromatic nitrogens is 1. The summed E-state index contributed by atoms with van der Waals surface area (Å²) >= 11 is 3.35. The van der Waals surface area contributed by atoms with Crippen LogP contribution in [0.25, 0.3) is 0 Å². The minimum atomic E-state index is -0.353. The third kappa shape index (κ3) is 6.43. The molecule has 1 unspecified atom stereocenters. The van der Waals surface area contributed by atoms with Crippen molar-refractivity contribution in [3.63, 3.8) is 0 Å². The Morgan fingerprint density at radius 3 is 2.24 bits per heavy atom. The summed E-state index contributed by atoms with van der Waals surface area (Å²) in [5, 5.41) is 8.46. The fourth-order valence-electron chi connectivity index (χ4n) is 2.79. The predicted molar refractivity (Wildman–Crippen MR) is 116 cm³/mol.